The molecule has 1 atom stereocenters. The van der Waals surface area contributed by atoms with Crippen LogP contribution in [0.5, 0.6) is 0 Å². The van der Waals surface area contributed by atoms with Crippen molar-refractivity contribution in [1.82, 2.24) is 0 Å². The summed E-state index contributed by atoms with van der Waals surface area (Å²) in [6, 6.07) is 6.16. The van der Waals surface area contributed by atoms with Crippen LogP contribution in [0.4, 0.5) is 0 Å². The Kier molecular flexibility index (Phi) is 4.93. The van der Waals surface area contributed by atoms with Crippen molar-refractivity contribution in [2.45, 2.75) is 32.2 Å². The van der Waals surface area contributed by atoms with E-state index in [9.17, 15) is 0 Å². The highest BCUT2D eigenvalue weighted by Crippen LogP contribution is 2.22. The molecule has 0 amide bonds. The van der Waals surface area contributed by atoms with Crippen LogP contribution in [-0.2, 0) is 6.42 Å². The lowest BCUT2D eigenvalue weighted by Crippen LogP contribution is -2.22. The average Bonchev–Trinajstić information content (AvgIpc) is 2.10. The summed E-state index contributed by atoms with van der Waals surface area (Å²) >= 11 is 9.47. The highest BCUT2D eigenvalue weighted by atomic mass is 79.9. The van der Waals surface area contributed by atoms with Gasteiger partial charge in [0.1, 0.15) is 0 Å². The summed E-state index contributed by atoms with van der Waals surface area (Å²) in [6.07, 6.45) is 3.03. The van der Waals surface area contributed by atoms with Crippen LogP contribution in [0.1, 0.15) is 25.3 Å². The van der Waals surface area contributed by atoms with E-state index in [0.717, 1.165) is 34.3 Å². The van der Waals surface area contributed by atoms with Crippen LogP contribution in [0.2, 0.25) is 5.02 Å². The Morgan fingerprint density at radius 1 is 1.50 bits per heavy atom. The molecule has 78 valence electrons. The molecule has 0 aliphatic heterocycles. The molecule has 1 rings (SSSR count). The van der Waals surface area contributed by atoms with Gasteiger partial charge in [-0.3, -0.25) is 0 Å². The SMILES string of the molecule is CCCC(N)Cc1ccc(Br)cc1Cl. The van der Waals surface area contributed by atoms with E-state index >= 15 is 0 Å². The van der Waals surface area contributed by atoms with Gasteiger partial charge in [0, 0.05) is 15.5 Å². The molecule has 0 aromatic heterocycles. The zero-order valence-electron chi connectivity index (χ0n) is 8.26. The van der Waals surface area contributed by atoms with Gasteiger partial charge >= 0.3 is 0 Å². The molecular formula is C11H15BrClN. The summed E-state index contributed by atoms with van der Waals surface area (Å²) in [5, 5.41) is 0.797. The van der Waals surface area contributed by atoms with Crippen LogP contribution in [-0.4, -0.2) is 6.04 Å². The molecule has 0 saturated heterocycles. The Bertz CT molecular complexity index is 301. The van der Waals surface area contributed by atoms with Gasteiger partial charge in [-0.15, -0.1) is 0 Å². The zero-order valence-corrected chi connectivity index (χ0v) is 10.6. The summed E-state index contributed by atoms with van der Waals surface area (Å²) in [4.78, 5) is 0. The minimum atomic E-state index is 0.221. The second kappa shape index (κ2) is 5.74. The fourth-order valence-electron chi connectivity index (χ4n) is 1.44. The molecule has 0 aliphatic rings. The maximum Gasteiger partial charge on any atom is 0.0449 e. The van der Waals surface area contributed by atoms with E-state index in [0.29, 0.717) is 0 Å². The molecule has 14 heavy (non-hydrogen) atoms. The number of benzene rings is 1. The smallest absolute Gasteiger partial charge is 0.0449 e. The second-order valence-electron chi connectivity index (χ2n) is 3.49. The van der Waals surface area contributed by atoms with E-state index in [1.165, 1.54) is 0 Å². The number of hydrogen-bond donors (Lipinski definition) is 1. The Hall–Kier alpha value is -0.0500. The summed E-state index contributed by atoms with van der Waals surface area (Å²) in [5.74, 6) is 0. The summed E-state index contributed by atoms with van der Waals surface area (Å²) < 4.78 is 1.01. The highest BCUT2D eigenvalue weighted by molar-refractivity contribution is 9.10. The largest absolute Gasteiger partial charge is 0.327 e. The van der Waals surface area contributed by atoms with Gasteiger partial charge in [-0.1, -0.05) is 46.9 Å². The van der Waals surface area contributed by atoms with Gasteiger partial charge in [0.2, 0.25) is 0 Å². The first-order valence-electron chi connectivity index (χ1n) is 4.83. The standard InChI is InChI=1S/C11H15BrClN/c1-2-3-10(14)6-8-4-5-9(12)7-11(8)13/h4-5,7,10H,2-3,6,14H2,1H3. The maximum atomic E-state index is 6.09. The van der Waals surface area contributed by atoms with E-state index in [-0.39, 0.29) is 6.04 Å². The Morgan fingerprint density at radius 3 is 2.79 bits per heavy atom. The van der Waals surface area contributed by atoms with E-state index in [4.69, 9.17) is 17.3 Å². The van der Waals surface area contributed by atoms with Gasteiger partial charge in [-0.2, -0.15) is 0 Å². The van der Waals surface area contributed by atoms with Gasteiger partial charge in [-0.25, -0.2) is 0 Å². The van der Waals surface area contributed by atoms with Crippen molar-refractivity contribution in [3.05, 3.63) is 33.3 Å². The first-order chi connectivity index (χ1) is 6.63. The van der Waals surface area contributed by atoms with E-state index in [1.807, 2.05) is 18.2 Å². The van der Waals surface area contributed by atoms with Crippen LogP contribution in [0, 0.1) is 0 Å². The number of rotatable bonds is 4. The minimum Gasteiger partial charge on any atom is -0.327 e. The molecule has 1 nitrogen and oxygen atoms in total. The van der Waals surface area contributed by atoms with Gasteiger partial charge in [-0.05, 0) is 30.5 Å². The lowest BCUT2D eigenvalue weighted by molar-refractivity contribution is 0.600. The molecule has 2 N–H and O–H groups in total. The molecule has 0 spiro atoms. The summed E-state index contributed by atoms with van der Waals surface area (Å²) in [6.45, 7) is 2.14. The Morgan fingerprint density at radius 2 is 2.21 bits per heavy atom. The molecule has 0 fully saturated rings. The third kappa shape index (κ3) is 3.60. The van der Waals surface area contributed by atoms with Crippen LogP contribution in [0.15, 0.2) is 22.7 Å². The quantitative estimate of drug-likeness (QED) is 0.890. The van der Waals surface area contributed by atoms with Gasteiger partial charge in [0.25, 0.3) is 0 Å². The minimum absolute atomic E-state index is 0.221. The lowest BCUT2D eigenvalue weighted by atomic mass is 10.0. The summed E-state index contributed by atoms with van der Waals surface area (Å²) in [5.41, 5.74) is 7.09. The Labute approximate surface area is 98.8 Å². The predicted molar refractivity (Wildman–Crippen MR) is 65.7 cm³/mol. The molecule has 1 aromatic carbocycles. The zero-order chi connectivity index (χ0) is 10.6. The third-order valence-electron chi connectivity index (χ3n) is 2.16. The van der Waals surface area contributed by atoms with Crippen molar-refractivity contribution in [2.75, 3.05) is 0 Å². The molecule has 0 saturated carbocycles. The van der Waals surface area contributed by atoms with Crippen molar-refractivity contribution in [2.24, 2.45) is 5.73 Å². The summed E-state index contributed by atoms with van der Waals surface area (Å²) in [7, 11) is 0. The number of halogens is 2. The van der Waals surface area contributed by atoms with Gasteiger partial charge < -0.3 is 5.73 Å². The van der Waals surface area contributed by atoms with Crippen LogP contribution < -0.4 is 5.73 Å². The normalized spacial score (nSPS) is 12.9. The Balaban J connectivity index is 2.67. The molecule has 0 heterocycles. The second-order valence-corrected chi connectivity index (χ2v) is 4.81. The molecule has 3 heteroatoms. The van der Waals surface area contributed by atoms with Crippen molar-refractivity contribution in [3.8, 4) is 0 Å². The van der Waals surface area contributed by atoms with Crippen LogP contribution >= 0.6 is 27.5 Å². The number of hydrogen-bond acceptors (Lipinski definition) is 1. The average molecular weight is 277 g/mol. The molecule has 1 unspecified atom stereocenters. The monoisotopic (exact) mass is 275 g/mol. The predicted octanol–water partition coefficient (Wildman–Crippen LogP) is 3.77. The van der Waals surface area contributed by atoms with E-state index < -0.39 is 0 Å². The maximum absolute atomic E-state index is 6.09. The first-order valence-corrected chi connectivity index (χ1v) is 6.00. The molecule has 1 aromatic rings. The number of nitrogens with two attached hydrogens (primary N) is 1. The van der Waals surface area contributed by atoms with Crippen LogP contribution in [0.3, 0.4) is 0 Å². The van der Waals surface area contributed by atoms with Gasteiger partial charge in [0.15, 0.2) is 0 Å². The van der Waals surface area contributed by atoms with E-state index in [2.05, 4.69) is 22.9 Å². The third-order valence-corrected chi connectivity index (χ3v) is 3.00. The van der Waals surface area contributed by atoms with Crippen molar-refractivity contribution in [1.29, 1.82) is 0 Å². The van der Waals surface area contributed by atoms with Crippen LogP contribution in [0.25, 0.3) is 0 Å². The van der Waals surface area contributed by atoms with Crippen molar-refractivity contribution < 1.29 is 0 Å². The van der Waals surface area contributed by atoms with E-state index in [1.54, 1.807) is 0 Å². The highest BCUT2D eigenvalue weighted by Gasteiger charge is 2.06. The fourth-order valence-corrected chi connectivity index (χ4v) is 2.19. The van der Waals surface area contributed by atoms with Gasteiger partial charge in [0.05, 0.1) is 0 Å². The molecular weight excluding hydrogens is 261 g/mol. The molecule has 0 aliphatic carbocycles. The topological polar surface area (TPSA) is 26.0 Å². The lowest BCUT2D eigenvalue weighted by Gasteiger charge is -2.11. The van der Waals surface area contributed by atoms with Crippen molar-refractivity contribution >= 4 is 27.5 Å². The molecule has 0 bridgehead atoms. The van der Waals surface area contributed by atoms with Crippen molar-refractivity contribution in [3.63, 3.8) is 0 Å². The first kappa shape index (κ1) is 12.0. The fraction of sp³-hybridized carbons (Fsp3) is 0.455. The molecule has 0 radical (unpaired) electrons.